The summed E-state index contributed by atoms with van der Waals surface area (Å²) in [5, 5.41) is 3.25. The summed E-state index contributed by atoms with van der Waals surface area (Å²) in [6.45, 7) is 5.91. The molecule has 1 saturated carbocycles. The lowest BCUT2D eigenvalue weighted by Gasteiger charge is -2.24. The number of aromatic nitrogens is 1. The second kappa shape index (κ2) is 6.99. The second-order valence-electron chi connectivity index (χ2n) is 5.56. The standard InChI is InChI=1S/C15H24FN3O/c1-11(2)18-10-12-6-7-17-15(14(12)16)19(8-9-20-3)13-4-5-13/h6-7,11,13,18H,4-5,8-10H2,1-3H3. The van der Waals surface area contributed by atoms with E-state index in [-0.39, 0.29) is 5.82 Å². The van der Waals surface area contributed by atoms with Crippen molar-refractivity contribution in [1.82, 2.24) is 10.3 Å². The van der Waals surface area contributed by atoms with Crippen molar-refractivity contribution in [1.29, 1.82) is 0 Å². The zero-order valence-electron chi connectivity index (χ0n) is 12.5. The zero-order chi connectivity index (χ0) is 14.5. The quantitative estimate of drug-likeness (QED) is 0.793. The first kappa shape index (κ1) is 15.2. The van der Waals surface area contributed by atoms with Crippen LogP contribution in [0.2, 0.25) is 0 Å². The van der Waals surface area contributed by atoms with Gasteiger partial charge < -0.3 is 15.0 Å². The topological polar surface area (TPSA) is 37.4 Å². The average Bonchev–Trinajstić information content (AvgIpc) is 3.24. The van der Waals surface area contributed by atoms with Gasteiger partial charge in [0.1, 0.15) is 0 Å². The number of hydrogen-bond acceptors (Lipinski definition) is 4. The molecule has 1 aromatic rings. The van der Waals surface area contributed by atoms with E-state index < -0.39 is 0 Å². The number of methoxy groups -OCH3 is 1. The summed E-state index contributed by atoms with van der Waals surface area (Å²) in [4.78, 5) is 6.29. The van der Waals surface area contributed by atoms with Gasteiger partial charge >= 0.3 is 0 Å². The Kier molecular flexibility index (Phi) is 5.31. The Bertz CT molecular complexity index is 435. The van der Waals surface area contributed by atoms with Gasteiger partial charge in [0.2, 0.25) is 0 Å². The van der Waals surface area contributed by atoms with E-state index in [0.717, 1.165) is 12.8 Å². The third-order valence-electron chi connectivity index (χ3n) is 3.45. The van der Waals surface area contributed by atoms with E-state index in [4.69, 9.17) is 4.74 Å². The zero-order valence-corrected chi connectivity index (χ0v) is 12.5. The van der Waals surface area contributed by atoms with Crippen LogP contribution in [-0.4, -0.2) is 37.3 Å². The van der Waals surface area contributed by atoms with Crippen molar-refractivity contribution in [2.24, 2.45) is 0 Å². The summed E-state index contributed by atoms with van der Waals surface area (Å²) in [7, 11) is 1.66. The maximum absolute atomic E-state index is 14.6. The van der Waals surface area contributed by atoms with Crippen LogP contribution in [0, 0.1) is 5.82 Å². The molecule has 0 amide bonds. The van der Waals surface area contributed by atoms with Gasteiger partial charge in [0.25, 0.3) is 0 Å². The van der Waals surface area contributed by atoms with Crippen molar-refractivity contribution in [3.8, 4) is 0 Å². The fourth-order valence-corrected chi connectivity index (χ4v) is 2.16. The highest BCUT2D eigenvalue weighted by atomic mass is 19.1. The van der Waals surface area contributed by atoms with Crippen LogP contribution in [-0.2, 0) is 11.3 Å². The fourth-order valence-electron chi connectivity index (χ4n) is 2.16. The van der Waals surface area contributed by atoms with Gasteiger partial charge in [0.15, 0.2) is 11.6 Å². The number of rotatable bonds is 8. The van der Waals surface area contributed by atoms with E-state index in [9.17, 15) is 4.39 Å². The fraction of sp³-hybridized carbons (Fsp3) is 0.667. The SMILES string of the molecule is COCCN(c1nccc(CNC(C)C)c1F)C1CC1. The molecular formula is C15H24FN3O. The van der Waals surface area contributed by atoms with Crippen LogP contribution in [0.25, 0.3) is 0 Å². The summed E-state index contributed by atoms with van der Waals surface area (Å²) >= 11 is 0. The maximum atomic E-state index is 14.6. The monoisotopic (exact) mass is 281 g/mol. The van der Waals surface area contributed by atoms with Crippen molar-refractivity contribution < 1.29 is 9.13 Å². The second-order valence-corrected chi connectivity index (χ2v) is 5.56. The minimum atomic E-state index is -0.205. The molecule has 0 atom stereocenters. The smallest absolute Gasteiger partial charge is 0.170 e. The van der Waals surface area contributed by atoms with Crippen molar-refractivity contribution in [2.75, 3.05) is 25.2 Å². The van der Waals surface area contributed by atoms with Gasteiger partial charge in [-0.25, -0.2) is 9.37 Å². The molecule has 0 saturated heterocycles. The predicted molar refractivity (Wildman–Crippen MR) is 78.4 cm³/mol. The molecule has 0 unspecified atom stereocenters. The van der Waals surface area contributed by atoms with Gasteiger partial charge in [-0.15, -0.1) is 0 Å². The van der Waals surface area contributed by atoms with E-state index >= 15 is 0 Å². The molecule has 1 aliphatic rings. The minimum absolute atomic E-state index is 0.205. The Labute approximate surface area is 120 Å². The average molecular weight is 281 g/mol. The van der Waals surface area contributed by atoms with Crippen molar-refractivity contribution in [3.05, 3.63) is 23.6 Å². The number of pyridine rings is 1. The Hall–Kier alpha value is -1.20. The van der Waals surface area contributed by atoms with Crippen molar-refractivity contribution >= 4 is 5.82 Å². The van der Waals surface area contributed by atoms with Crippen LogP contribution >= 0.6 is 0 Å². The highest BCUT2D eigenvalue weighted by Gasteiger charge is 2.31. The van der Waals surface area contributed by atoms with Crippen LogP contribution in [0.5, 0.6) is 0 Å². The molecule has 1 aromatic heterocycles. The highest BCUT2D eigenvalue weighted by Crippen LogP contribution is 2.32. The van der Waals surface area contributed by atoms with Crippen LogP contribution < -0.4 is 10.2 Å². The predicted octanol–water partition coefficient (Wildman–Crippen LogP) is 2.33. The van der Waals surface area contributed by atoms with Crippen molar-refractivity contribution in [3.63, 3.8) is 0 Å². The first-order valence-electron chi connectivity index (χ1n) is 7.25. The largest absolute Gasteiger partial charge is 0.383 e. The lowest BCUT2D eigenvalue weighted by molar-refractivity contribution is 0.204. The number of anilines is 1. The lowest BCUT2D eigenvalue weighted by Crippen LogP contribution is -2.31. The van der Waals surface area contributed by atoms with Crippen LogP contribution in [0.3, 0.4) is 0 Å². The number of nitrogens with zero attached hydrogens (tertiary/aromatic N) is 2. The molecule has 0 spiro atoms. The Morgan fingerprint density at radius 2 is 2.25 bits per heavy atom. The number of halogens is 1. The van der Waals surface area contributed by atoms with E-state index in [1.165, 1.54) is 0 Å². The molecule has 0 bridgehead atoms. The third kappa shape index (κ3) is 3.90. The summed E-state index contributed by atoms with van der Waals surface area (Å²) in [6, 6.07) is 2.50. The summed E-state index contributed by atoms with van der Waals surface area (Å²) in [5.74, 6) is 0.260. The van der Waals surface area contributed by atoms with E-state index in [1.54, 1.807) is 19.4 Å². The Morgan fingerprint density at radius 3 is 2.85 bits per heavy atom. The lowest BCUT2D eigenvalue weighted by atomic mass is 10.2. The highest BCUT2D eigenvalue weighted by molar-refractivity contribution is 5.45. The Morgan fingerprint density at radius 1 is 1.50 bits per heavy atom. The minimum Gasteiger partial charge on any atom is -0.383 e. The van der Waals surface area contributed by atoms with Crippen LogP contribution in [0.4, 0.5) is 10.2 Å². The number of ether oxygens (including phenoxy) is 1. The van der Waals surface area contributed by atoms with E-state index in [1.807, 2.05) is 4.90 Å². The molecule has 4 nitrogen and oxygen atoms in total. The summed E-state index contributed by atoms with van der Waals surface area (Å²) in [5.41, 5.74) is 0.673. The number of hydrogen-bond donors (Lipinski definition) is 1. The van der Waals surface area contributed by atoms with Crippen LogP contribution in [0.15, 0.2) is 12.3 Å². The van der Waals surface area contributed by atoms with E-state index in [0.29, 0.717) is 43.2 Å². The molecule has 0 aliphatic heterocycles. The summed E-state index contributed by atoms with van der Waals surface area (Å²) < 4.78 is 19.7. The molecule has 1 fully saturated rings. The van der Waals surface area contributed by atoms with Gasteiger partial charge in [0.05, 0.1) is 6.61 Å². The molecule has 20 heavy (non-hydrogen) atoms. The van der Waals surface area contributed by atoms with Gasteiger partial charge in [0, 0.05) is 44.0 Å². The third-order valence-corrected chi connectivity index (χ3v) is 3.45. The molecular weight excluding hydrogens is 257 g/mol. The molecule has 0 radical (unpaired) electrons. The Balaban J connectivity index is 2.14. The molecule has 1 aliphatic carbocycles. The molecule has 1 N–H and O–H groups in total. The normalized spacial score (nSPS) is 14.8. The van der Waals surface area contributed by atoms with Gasteiger partial charge in [-0.1, -0.05) is 13.8 Å². The van der Waals surface area contributed by atoms with E-state index in [2.05, 4.69) is 24.1 Å². The molecule has 0 aromatic carbocycles. The van der Waals surface area contributed by atoms with Crippen molar-refractivity contribution in [2.45, 2.75) is 45.3 Å². The van der Waals surface area contributed by atoms with Crippen LogP contribution in [0.1, 0.15) is 32.3 Å². The molecule has 1 heterocycles. The van der Waals surface area contributed by atoms with Gasteiger partial charge in [-0.2, -0.15) is 0 Å². The first-order valence-corrected chi connectivity index (χ1v) is 7.25. The maximum Gasteiger partial charge on any atom is 0.170 e. The summed E-state index contributed by atoms with van der Waals surface area (Å²) in [6.07, 6.45) is 3.91. The van der Waals surface area contributed by atoms with Gasteiger partial charge in [-0.3, -0.25) is 0 Å². The molecule has 5 heteroatoms. The number of nitrogens with one attached hydrogen (secondary N) is 1. The van der Waals surface area contributed by atoms with Gasteiger partial charge in [-0.05, 0) is 18.9 Å². The first-order chi connectivity index (χ1) is 9.63. The molecule has 112 valence electrons. The molecule has 2 rings (SSSR count).